The van der Waals surface area contributed by atoms with Crippen LogP contribution in [0, 0.1) is 0 Å². The standard InChI is InChI=1S/C16H28N2O3S.C10H12O3/c17-12-6-1-2-7-13-21-14-8-5-10-15-9-3-4-11-16(15)22(18,19)20;11-8-3-1-2-7-6(8)4-5-9(12)10(7)13/h3-4,9,11H,1-2,5-8,10,12-14,17H2,(H2,18,19,20);4-5,8,11-13H,1-3H2. The van der Waals surface area contributed by atoms with Crippen molar-refractivity contribution in [3.05, 3.63) is 53.1 Å². The molecule has 196 valence electrons. The largest absolute Gasteiger partial charge is 0.504 e. The van der Waals surface area contributed by atoms with Crippen LogP contribution in [-0.2, 0) is 27.6 Å². The van der Waals surface area contributed by atoms with Crippen LogP contribution in [0.5, 0.6) is 11.5 Å². The molecule has 0 aromatic heterocycles. The maximum atomic E-state index is 11.5. The van der Waals surface area contributed by atoms with Gasteiger partial charge in [-0.3, -0.25) is 0 Å². The molecule has 9 heteroatoms. The lowest BCUT2D eigenvalue weighted by molar-refractivity contribution is 0.126. The van der Waals surface area contributed by atoms with Gasteiger partial charge in [0.2, 0.25) is 10.0 Å². The fraction of sp³-hybridized carbons (Fsp3) is 0.538. The van der Waals surface area contributed by atoms with E-state index in [4.69, 9.17) is 15.6 Å². The van der Waals surface area contributed by atoms with E-state index >= 15 is 0 Å². The van der Waals surface area contributed by atoms with Crippen LogP contribution in [0.2, 0.25) is 0 Å². The van der Waals surface area contributed by atoms with Crippen LogP contribution in [0.1, 0.15) is 74.2 Å². The number of rotatable bonds is 12. The van der Waals surface area contributed by atoms with E-state index in [9.17, 15) is 23.7 Å². The number of benzene rings is 2. The molecular weight excluding hydrogens is 468 g/mol. The fourth-order valence-corrected chi connectivity index (χ4v) is 4.96. The van der Waals surface area contributed by atoms with Gasteiger partial charge in [0, 0.05) is 18.8 Å². The second kappa shape index (κ2) is 15.1. The van der Waals surface area contributed by atoms with Gasteiger partial charge in [-0.2, -0.15) is 0 Å². The molecule has 0 radical (unpaired) electrons. The van der Waals surface area contributed by atoms with Gasteiger partial charge < -0.3 is 25.8 Å². The predicted octanol–water partition coefficient (Wildman–Crippen LogP) is 3.66. The van der Waals surface area contributed by atoms with Gasteiger partial charge in [-0.25, -0.2) is 13.6 Å². The Morgan fingerprint density at radius 1 is 0.943 bits per heavy atom. The van der Waals surface area contributed by atoms with Crippen molar-refractivity contribution in [2.75, 3.05) is 19.8 Å². The molecule has 0 heterocycles. The quantitative estimate of drug-likeness (QED) is 0.216. The molecule has 1 aliphatic rings. The number of aromatic hydroxyl groups is 2. The zero-order valence-electron chi connectivity index (χ0n) is 20.4. The van der Waals surface area contributed by atoms with E-state index < -0.39 is 16.1 Å². The van der Waals surface area contributed by atoms with Gasteiger partial charge in [-0.15, -0.1) is 0 Å². The van der Waals surface area contributed by atoms with Crippen molar-refractivity contribution in [3.63, 3.8) is 0 Å². The molecule has 3 rings (SSSR count). The molecule has 35 heavy (non-hydrogen) atoms. The summed E-state index contributed by atoms with van der Waals surface area (Å²) >= 11 is 0. The van der Waals surface area contributed by atoms with E-state index in [-0.39, 0.29) is 16.4 Å². The maximum Gasteiger partial charge on any atom is 0.238 e. The van der Waals surface area contributed by atoms with E-state index in [1.165, 1.54) is 18.9 Å². The minimum absolute atomic E-state index is 0.0729. The van der Waals surface area contributed by atoms with E-state index in [0.717, 1.165) is 69.2 Å². The first-order valence-corrected chi connectivity index (χ1v) is 13.9. The zero-order chi connectivity index (χ0) is 25.7. The number of ether oxygens (including phenoxy) is 1. The summed E-state index contributed by atoms with van der Waals surface area (Å²) < 4.78 is 28.5. The minimum atomic E-state index is -3.64. The first-order valence-electron chi connectivity index (χ1n) is 12.4. The number of fused-ring (bicyclic) bond motifs is 1. The van der Waals surface area contributed by atoms with Crippen molar-refractivity contribution < 1.29 is 28.5 Å². The Morgan fingerprint density at radius 3 is 2.34 bits per heavy atom. The number of sulfonamides is 1. The van der Waals surface area contributed by atoms with E-state index in [1.807, 2.05) is 12.1 Å². The highest BCUT2D eigenvalue weighted by molar-refractivity contribution is 7.89. The van der Waals surface area contributed by atoms with Crippen molar-refractivity contribution >= 4 is 10.0 Å². The van der Waals surface area contributed by atoms with Gasteiger partial charge in [-0.1, -0.05) is 37.1 Å². The van der Waals surface area contributed by atoms with Crippen molar-refractivity contribution in [3.8, 4) is 11.5 Å². The number of hydrogen-bond donors (Lipinski definition) is 5. The SMILES string of the molecule is NCCCCCCOCCCCc1ccccc1S(N)(=O)=O.Oc1ccc2c(c1O)CCCC2O. The number of phenols is 2. The molecule has 7 N–H and O–H groups in total. The van der Waals surface area contributed by atoms with Crippen LogP contribution in [0.4, 0.5) is 0 Å². The highest BCUT2D eigenvalue weighted by Gasteiger charge is 2.21. The summed E-state index contributed by atoms with van der Waals surface area (Å²) in [5, 5.41) is 33.5. The van der Waals surface area contributed by atoms with Crippen LogP contribution in [0.15, 0.2) is 41.3 Å². The molecule has 2 aromatic rings. The number of aryl methyl sites for hydroxylation is 1. The summed E-state index contributed by atoms with van der Waals surface area (Å²) in [6, 6.07) is 10.00. The Bertz CT molecular complexity index is 1010. The van der Waals surface area contributed by atoms with Gasteiger partial charge >= 0.3 is 0 Å². The third-order valence-corrected chi connectivity index (χ3v) is 7.08. The van der Waals surface area contributed by atoms with Crippen molar-refractivity contribution in [2.45, 2.75) is 75.2 Å². The average Bonchev–Trinajstić information content (AvgIpc) is 2.83. The Morgan fingerprint density at radius 2 is 1.63 bits per heavy atom. The van der Waals surface area contributed by atoms with Crippen LogP contribution >= 0.6 is 0 Å². The van der Waals surface area contributed by atoms with Crippen LogP contribution in [-0.4, -0.2) is 43.5 Å². The number of nitrogens with two attached hydrogens (primary N) is 2. The highest BCUT2D eigenvalue weighted by atomic mass is 32.2. The lowest BCUT2D eigenvalue weighted by atomic mass is 9.88. The van der Waals surface area contributed by atoms with Crippen molar-refractivity contribution in [1.29, 1.82) is 0 Å². The van der Waals surface area contributed by atoms with Crippen LogP contribution < -0.4 is 10.9 Å². The monoisotopic (exact) mass is 508 g/mol. The Labute approximate surface area is 209 Å². The third kappa shape index (κ3) is 9.77. The third-order valence-electron chi connectivity index (χ3n) is 6.07. The van der Waals surface area contributed by atoms with Gasteiger partial charge in [-0.05, 0) is 81.2 Å². The lowest BCUT2D eigenvalue weighted by Gasteiger charge is -2.22. The molecule has 1 unspecified atom stereocenters. The first-order chi connectivity index (χ1) is 16.8. The van der Waals surface area contributed by atoms with Gasteiger partial charge in [0.1, 0.15) is 0 Å². The summed E-state index contributed by atoms with van der Waals surface area (Å²) in [5.74, 6) is -0.177. The summed E-state index contributed by atoms with van der Waals surface area (Å²) in [6.45, 7) is 2.27. The Hall–Kier alpha value is -2.17. The maximum absolute atomic E-state index is 11.5. The van der Waals surface area contributed by atoms with E-state index in [1.54, 1.807) is 18.2 Å². The second-order valence-electron chi connectivity index (χ2n) is 8.83. The number of primary sulfonamides is 1. The smallest absolute Gasteiger partial charge is 0.238 e. The Balaban J connectivity index is 0.000000279. The molecule has 0 fully saturated rings. The van der Waals surface area contributed by atoms with E-state index in [0.29, 0.717) is 18.6 Å². The normalized spacial score (nSPS) is 15.2. The van der Waals surface area contributed by atoms with Gasteiger partial charge in [0.15, 0.2) is 11.5 Å². The minimum Gasteiger partial charge on any atom is -0.504 e. The summed E-state index contributed by atoms with van der Waals surface area (Å²) in [5.41, 5.74) is 7.66. The van der Waals surface area contributed by atoms with Gasteiger partial charge in [0.05, 0.1) is 11.0 Å². The number of unbranched alkanes of at least 4 members (excludes halogenated alkanes) is 4. The lowest BCUT2D eigenvalue weighted by Crippen LogP contribution is -2.14. The molecule has 1 aliphatic carbocycles. The first kappa shape index (κ1) is 29.1. The molecule has 8 nitrogen and oxygen atoms in total. The average molecular weight is 509 g/mol. The number of aliphatic hydroxyl groups excluding tert-OH is 1. The highest BCUT2D eigenvalue weighted by Crippen LogP contribution is 2.39. The molecule has 1 atom stereocenters. The zero-order valence-corrected chi connectivity index (χ0v) is 21.2. The summed E-state index contributed by atoms with van der Waals surface area (Å²) in [7, 11) is -3.64. The molecule has 0 saturated carbocycles. The van der Waals surface area contributed by atoms with Crippen LogP contribution in [0.25, 0.3) is 0 Å². The number of aliphatic hydroxyl groups is 1. The predicted molar refractivity (Wildman–Crippen MR) is 137 cm³/mol. The van der Waals surface area contributed by atoms with Gasteiger partial charge in [0.25, 0.3) is 0 Å². The fourth-order valence-electron chi connectivity index (χ4n) is 4.15. The van der Waals surface area contributed by atoms with E-state index in [2.05, 4.69) is 0 Å². The molecule has 0 bridgehead atoms. The number of phenolic OH excluding ortho intramolecular Hbond substituents is 2. The summed E-state index contributed by atoms with van der Waals surface area (Å²) in [6.07, 6.45) is 8.83. The van der Waals surface area contributed by atoms with Crippen molar-refractivity contribution in [1.82, 2.24) is 0 Å². The number of hydrogen-bond acceptors (Lipinski definition) is 7. The molecule has 2 aromatic carbocycles. The molecule has 0 saturated heterocycles. The van der Waals surface area contributed by atoms with Crippen molar-refractivity contribution in [2.24, 2.45) is 10.9 Å². The topological polar surface area (TPSA) is 156 Å². The summed E-state index contributed by atoms with van der Waals surface area (Å²) in [4.78, 5) is 0.232. The molecule has 0 spiro atoms. The molecular formula is C26H40N2O6S. The Kier molecular flexibility index (Phi) is 12.5. The van der Waals surface area contributed by atoms with Crippen LogP contribution in [0.3, 0.4) is 0 Å². The molecule has 0 aliphatic heterocycles. The second-order valence-corrected chi connectivity index (χ2v) is 10.4. The molecule has 0 amide bonds.